The Labute approximate surface area is 109 Å². The molecule has 0 spiro atoms. The molecule has 1 aromatic carbocycles. The van der Waals surface area contributed by atoms with Crippen molar-refractivity contribution in [3.63, 3.8) is 0 Å². The van der Waals surface area contributed by atoms with Gasteiger partial charge < -0.3 is 5.32 Å². The zero-order valence-electron chi connectivity index (χ0n) is 9.94. The van der Waals surface area contributed by atoms with Gasteiger partial charge in [-0.15, -0.1) is 0 Å². The fourth-order valence-electron chi connectivity index (χ4n) is 1.66. The third-order valence-electron chi connectivity index (χ3n) is 2.70. The summed E-state index contributed by atoms with van der Waals surface area (Å²) in [5.74, 6) is 0.951. The van der Waals surface area contributed by atoms with E-state index in [-0.39, 0.29) is 0 Å². The van der Waals surface area contributed by atoms with Crippen molar-refractivity contribution in [2.24, 2.45) is 0 Å². The van der Waals surface area contributed by atoms with Gasteiger partial charge in [-0.25, -0.2) is 9.67 Å². The first-order valence-corrected chi connectivity index (χ1v) is 6.37. The van der Waals surface area contributed by atoms with Crippen molar-refractivity contribution < 1.29 is 0 Å². The summed E-state index contributed by atoms with van der Waals surface area (Å²) < 4.78 is 3.00. The van der Waals surface area contributed by atoms with Crippen LogP contribution in [-0.2, 0) is 13.1 Å². The molecule has 17 heavy (non-hydrogen) atoms. The molecular weight excluding hydrogens is 280 g/mol. The molecule has 0 aliphatic carbocycles. The van der Waals surface area contributed by atoms with E-state index in [1.807, 2.05) is 16.8 Å². The van der Waals surface area contributed by atoms with Gasteiger partial charge in [0.25, 0.3) is 0 Å². The molecule has 5 heteroatoms. The van der Waals surface area contributed by atoms with Gasteiger partial charge in [-0.05, 0) is 31.5 Å². The molecule has 0 aliphatic rings. The van der Waals surface area contributed by atoms with Gasteiger partial charge in [-0.2, -0.15) is 5.10 Å². The summed E-state index contributed by atoms with van der Waals surface area (Å²) in [4.78, 5) is 4.23. The summed E-state index contributed by atoms with van der Waals surface area (Å²) in [6.07, 6.45) is 1.59. The van der Waals surface area contributed by atoms with E-state index in [9.17, 15) is 0 Å². The van der Waals surface area contributed by atoms with Crippen molar-refractivity contribution in [3.05, 3.63) is 40.4 Å². The number of hydrogen-bond acceptors (Lipinski definition) is 3. The van der Waals surface area contributed by atoms with Crippen molar-refractivity contribution >= 4 is 21.6 Å². The number of nitrogens with one attached hydrogen (secondary N) is 1. The predicted octanol–water partition coefficient (Wildman–Crippen LogP) is 2.98. The molecule has 1 heterocycles. The van der Waals surface area contributed by atoms with Crippen molar-refractivity contribution in [3.8, 4) is 0 Å². The molecular formula is C12H15BrN4. The topological polar surface area (TPSA) is 42.7 Å². The van der Waals surface area contributed by atoms with Crippen LogP contribution in [0.5, 0.6) is 0 Å². The zero-order chi connectivity index (χ0) is 12.3. The molecule has 90 valence electrons. The quantitative estimate of drug-likeness (QED) is 0.943. The molecule has 0 saturated carbocycles. The molecule has 0 radical (unpaired) electrons. The largest absolute Gasteiger partial charge is 0.378 e. The summed E-state index contributed by atoms with van der Waals surface area (Å²) in [6.45, 7) is 5.67. The van der Waals surface area contributed by atoms with E-state index in [0.717, 1.165) is 22.5 Å². The van der Waals surface area contributed by atoms with Gasteiger partial charge in [0.15, 0.2) is 0 Å². The first kappa shape index (κ1) is 12.1. The number of benzene rings is 1. The van der Waals surface area contributed by atoms with Gasteiger partial charge in [0.1, 0.15) is 12.2 Å². The first-order valence-electron chi connectivity index (χ1n) is 5.58. The van der Waals surface area contributed by atoms with E-state index >= 15 is 0 Å². The summed E-state index contributed by atoms with van der Waals surface area (Å²) in [7, 11) is 0. The minimum Gasteiger partial charge on any atom is -0.378 e. The van der Waals surface area contributed by atoms with Gasteiger partial charge in [-0.3, -0.25) is 0 Å². The molecule has 0 bridgehead atoms. The minimum absolute atomic E-state index is 0.686. The molecule has 4 nitrogen and oxygen atoms in total. The smallest absolute Gasteiger partial charge is 0.146 e. The van der Waals surface area contributed by atoms with E-state index in [2.05, 4.69) is 51.2 Å². The summed E-state index contributed by atoms with van der Waals surface area (Å²) in [5, 5.41) is 7.52. The Kier molecular flexibility index (Phi) is 3.78. The maximum atomic E-state index is 4.23. The second-order valence-corrected chi connectivity index (χ2v) is 4.61. The average molecular weight is 295 g/mol. The molecule has 0 amide bonds. The number of rotatable bonds is 4. The van der Waals surface area contributed by atoms with Crippen LogP contribution in [0, 0.1) is 6.92 Å². The Morgan fingerprint density at radius 1 is 1.41 bits per heavy atom. The van der Waals surface area contributed by atoms with Crippen LogP contribution in [0.15, 0.2) is 29.0 Å². The SMILES string of the molecule is CCn1ncnc1CNc1cccc(Br)c1C. The van der Waals surface area contributed by atoms with E-state index < -0.39 is 0 Å². The first-order chi connectivity index (χ1) is 8.22. The van der Waals surface area contributed by atoms with Crippen molar-refractivity contribution in [2.75, 3.05) is 5.32 Å². The number of halogens is 1. The van der Waals surface area contributed by atoms with Crippen molar-refractivity contribution in [1.82, 2.24) is 14.8 Å². The maximum Gasteiger partial charge on any atom is 0.146 e. The second-order valence-electron chi connectivity index (χ2n) is 3.76. The fraction of sp³-hybridized carbons (Fsp3) is 0.333. The minimum atomic E-state index is 0.686. The lowest BCUT2D eigenvalue weighted by Crippen LogP contribution is -2.09. The van der Waals surface area contributed by atoms with E-state index in [4.69, 9.17) is 0 Å². The molecule has 0 atom stereocenters. The van der Waals surface area contributed by atoms with Crippen LogP contribution < -0.4 is 5.32 Å². The van der Waals surface area contributed by atoms with Crippen LogP contribution in [0.1, 0.15) is 18.3 Å². The predicted molar refractivity (Wildman–Crippen MR) is 71.9 cm³/mol. The highest BCUT2D eigenvalue weighted by molar-refractivity contribution is 9.10. The molecule has 0 unspecified atom stereocenters. The molecule has 2 aromatic rings. The molecule has 2 rings (SSSR count). The molecule has 0 fully saturated rings. The number of anilines is 1. The summed E-state index contributed by atoms with van der Waals surface area (Å²) >= 11 is 3.52. The van der Waals surface area contributed by atoms with Gasteiger partial charge in [-0.1, -0.05) is 22.0 Å². The van der Waals surface area contributed by atoms with Gasteiger partial charge >= 0.3 is 0 Å². The Morgan fingerprint density at radius 2 is 2.24 bits per heavy atom. The fourth-order valence-corrected chi connectivity index (χ4v) is 2.03. The highest BCUT2D eigenvalue weighted by Crippen LogP contribution is 2.23. The normalized spacial score (nSPS) is 10.5. The van der Waals surface area contributed by atoms with Gasteiger partial charge in [0.05, 0.1) is 6.54 Å². The lowest BCUT2D eigenvalue weighted by molar-refractivity contribution is 0.622. The van der Waals surface area contributed by atoms with E-state index in [0.29, 0.717) is 6.54 Å². The third-order valence-corrected chi connectivity index (χ3v) is 3.56. The highest BCUT2D eigenvalue weighted by atomic mass is 79.9. The molecule has 1 aromatic heterocycles. The van der Waals surface area contributed by atoms with Crippen molar-refractivity contribution in [2.45, 2.75) is 26.9 Å². The average Bonchev–Trinajstić information content (AvgIpc) is 2.78. The van der Waals surface area contributed by atoms with Crippen LogP contribution in [0.4, 0.5) is 5.69 Å². The number of hydrogen-bond donors (Lipinski definition) is 1. The zero-order valence-corrected chi connectivity index (χ0v) is 11.5. The summed E-state index contributed by atoms with van der Waals surface area (Å²) in [6, 6.07) is 6.12. The second kappa shape index (κ2) is 5.31. The van der Waals surface area contributed by atoms with Crippen LogP contribution in [0.2, 0.25) is 0 Å². The van der Waals surface area contributed by atoms with Crippen LogP contribution in [-0.4, -0.2) is 14.8 Å². The Bertz CT molecular complexity index is 507. The van der Waals surface area contributed by atoms with Gasteiger partial charge in [0, 0.05) is 16.7 Å². The number of aromatic nitrogens is 3. The van der Waals surface area contributed by atoms with Crippen LogP contribution in [0.25, 0.3) is 0 Å². The molecule has 0 aliphatic heterocycles. The Hall–Kier alpha value is -1.36. The van der Waals surface area contributed by atoms with Crippen molar-refractivity contribution in [1.29, 1.82) is 0 Å². The summed E-state index contributed by atoms with van der Waals surface area (Å²) in [5.41, 5.74) is 2.32. The Morgan fingerprint density at radius 3 is 3.00 bits per heavy atom. The maximum absolute atomic E-state index is 4.23. The van der Waals surface area contributed by atoms with Crippen LogP contribution in [0.3, 0.4) is 0 Å². The van der Waals surface area contributed by atoms with Crippen LogP contribution >= 0.6 is 15.9 Å². The molecule has 1 N–H and O–H groups in total. The standard InChI is InChI=1S/C12H15BrN4/c1-3-17-12(15-8-16-17)7-14-11-6-4-5-10(13)9(11)2/h4-6,8,14H,3,7H2,1-2H3. The van der Waals surface area contributed by atoms with E-state index in [1.54, 1.807) is 6.33 Å². The lowest BCUT2D eigenvalue weighted by Gasteiger charge is -2.10. The number of nitrogens with zero attached hydrogens (tertiary/aromatic N) is 3. The highest BCUT2D eigenvalue weighted by Gasteiger charge is 2.04. The van der Waals surface area contributed by atoms with E-state index in [1.165, 1.54) is 5.56 Å². The third kappa shape index (κ3) is 2.66. The Balaban J connectivity index is 2.10. The molecule has 0 saturated heterocycles. The van der Waals surface area contributed by atoms with Gasteiger partial charge in [0.2, 0.25) is 0 Å². The lowest BCUT2D eigenvalue weighted by atomic mass is 10.2. The monoisotopic (exact) mass is 294 g/mol. The number of aryl methyl sites for hydroxylation is 1.